The summed E-state index contributed by atoms with van der Waals surface area (Å²) >= 11 is 7.36. The molecule has 1 aromatic rings. The van der Waals surface area contributed by atoms with Crippen LogP contribution in [-0.4, -0.2) is 5.91 Å². The van der Waals surface area contributed by atoms with E-state index in [1.54, 1.807) is 0 Å². The number of hydrogen-bond acceptors (Lipinski definition) is 1. The summed E-state index contributed by atoms with van der Waals surface area (Å²) in [5.74, 6) is -0.0533. The molecule has 0 radical (unpaired) electrons. The zero-order valence-corrected chi connectivity index (χ0v) is 14.5. The third-order valence-electron chi connectivity index (χ3n) is 1.94. The number of aryl methyl sites for hydroxylation is 1. The van der Waals surface area contributed by atoms with Gasteiger partial charge in [-0.2, -0.15) is 0 Å². The van der Waals surface area contributed by atoms with E-state index >= 15 is 0 Å². The van der Waals surface area contributed by atoms with E-state index in [2.05, 4.69) is 43.8 Å². The number of carbonyl (C=O) groups excluding carboxylic acids is 1. The highest BCUT2D eigenvalue weighted by Gasteiger charge is 2.08. The Morgan fingerprint density at radius 2 is 1.88 bits per heavy atom. The van der Waals surface area contributed by atoms with E-state index in [0.717, 1.165) is 8.05 Å². The van der Waals surface area contributed by atoms with Crippen molar-refractivity contribution in [3.05, 3.63) is 41.5 Å². The van der Waals surface area contributed by atoms with Crippen LogP contribution >= 0.6 is 61.1 Å². The second-order valence-corrected chi connectivity index (χ2v) is 7.68. The van der Waals surface area contributed by atoms with Gasteiger partial charge in [0, 0.05) is 6.54 Å². The van der Waals surface area contributed by atoms with Crippen LogP contribution in [0, 0.1) is 6.92 Å². The average molecular weight is 506 g/mol. The maximum atomic E-state index is 11.6. The minimum Gasteiger partial charge on any atom is -0.348 e. The van der Waals surface area contributed by atoms with Gasteiger partial charge < -0.3 is 5.32 Å². The van der Waals surface area contributed by atoms with Crippen molar-refractivity contribution in [3.63, 3.8) is 0 Å². The van der Waals surface area contributed by atoms with Gasteiger partial charge in [-0.1, -0.05) is 29.8 Å². The molecule has 0 aliphatic rings. The van der Waals surface area contributed by atoms with Gasteiger partial charge in [-0.05, 0) is 73.6 Å². The summed E-state index contributed by atoms with van der Waals surface area (Å²) < 4.78 is 1.50. The maximum Gasteiger partial charge on any atom is 0.259 e. The van der Waals surface area contributed by atoms with Gasteiger partial charge in [0.05, 0.1) is 6.07 Å². The van der Waals surface area contributed by atoms with Crippen molar-refractivity contribution in [1.29, 1.82) is 0 Å². The Morgan fingerprint density at radius 3 is 2.38 bits per heavy atom. The molecule has 1 aromatic carbocycles. The summed E-state index contributed by atoms with van der Waals surface area (Å²) in [6.07, 6.45) is 0. The first-order valence-electron chi connectivity index (χ1n) is 4.55. The van der Waals surface area contributed by atoms with Crippen molar-refractivity contribution < 1.29 is 4.79 Å². The van der Waals surface area contributed by atoms with Crippen LogP contribution in [0.2, 0.25) is 0 Å². The highest BCUT2D eigenvalue weighted by Crippen LogP contribution is 2.24. The molecule has 1 amide bonds. The van der Waals surface area contributed by atoms with Gasteiger partial charge >= 0.3 is 0 Å². The molecule has 0 unspecified atom stereocenters. The molecule has 0 aliphatic heterocycles. The lowest BCUT2D eigenvalue weighted by atomic mass is 10.1. The first-order valence-corrected chi connectivity index (χ1v) is 7.50. The smallest absolute Gasteiger partial charge is 0.259 e. The Balaban J connectivity index is 2.56. The van der Waals surface area contributed by atoms with Crippen LogP contribution in [0.3, 0.4) is 0 Å². The average Bonchev–Trinajstić information content (AvgIpc) is 2.26. The molecule has 5 heteroatoms. The fraction of sp³-hybridized carbons (Fsp3) is 0.182. The van der Waals surface area contributed by atoms with Crippen molar-refractivity contribution in [2.24, 2.45) is 0 Å². The van der Waals surface area contributed by atoms with Crippen LogP contribution in [0.15, 0.2) is 30.3 Å². The number of nitrogens with one attached hydrogen (secondary N) is 1. The third kappa shape index (κ3) is 4.70. The van der Waals surface area contributed by atoms with Crippen LogP contribution in [0.4, 0.5) is 0 Å². The van der Waals surface area contributed by atoms with Gasteiger partial charge in [-0.25, -0.2) is 0 Å². The minimum atomic E-state index is -0.0533. The van der Waals surface area contributed by atoms with E-state index < -0.39 is 0 Å². The fourth-order valence-corrected chi connectivity index (χ4v) is 1.67. The normalized spacial score (nSPS) is 12.0. The molecule has 0 aromatic heterocycles. The minimum absolute atomic E-state index is 0.0533. The van der Waals surface area contributed by atoms with E-state index in [1.165, 1.54) is 5.56 Å². The fourth-order valence-electron chi connectivity index (χ4n) is 1.05. The van der Waals surface area contributed by atoms with E-state index in [9.17, 15) is 4.79 Å². The number of halogens is 3. The quantitative estimate of drug-likeness (QED) is 0.487. The van der Waals surface area contributed by atoms with Gasteiger partial charge in [0.25, 0.3) is 5.91 Å². The lowest BCUT2D eigenvalue weighted by molar-refractivity contribution is -0.116. The molecular formula is C11H10BrI2NO. The monoisotopic (exact) mass is 505 g/mol. The Labute approximate surface area is 131 Å². The first kappa shape index (κ1) is 14.4. The molecule has 0 atom stereocenters. The molecule has 0 heterocycles. The van der Waals surface area contributed by atoms with E-state index in [1.807, 2.05) is 53.8 Å². The van der Waals surface area contributed by atoms with Crippen LogP contribution < -0.4 is 5.32 Å². The lowest BCUT2D eigenvalue weighted by Crippen LogP contribution is -2.22. The molecular weight excluding hydrogens is 496 g/mol. The van der Waals surface area contributed by atoms with Gasteiger partial charge in [0.2, 0.25) is 0 Å². The Kier molecular flexibility index (Phi) is 6.27. The highest BCUT2D eigenvalue weighted by molar-refractivity contribution is 14.1. The highest BCUT2D eigenvalue weighted by atomic mass is 127. The summed E-state index contributed by atoms with van der Waals surface area (Å²) in [7, 11) is 0. The van der Waals surface area contributed by atoms with E-state index in [0.29, 0.717) is 10.1 Å². The van der Waals surface area contributed by atoms with Gasteiger partial charge in [0.15, 0.2) is 0 Å². The van der Waals surface area contributed by atoms with Gasteiger partial charge in [0.1, 0.15) is 0 Å². The third-order valence-corrected chi connectivity index (χ3v) is 5.68. The van der Waals surface area contributed by atoms with Crippen molar-refractivity contribution in [2.45, 2.75) is 13.5 Å². The molecule has 0 spiro atoms. The Hall–Kier alpha value is 0.370. The second kappa shape index (κ2) is 6.95. The summed E-state index contributed by atoms with van der Waals surface area (Å²) in [4.78, 5) is 11.6. The Bertz CT molecular complexity index is 410. The van der Waals surface area contributed by atoms with Crippen LogP contribution in [0.5, 0.6) is 0 Å². The molecule has 1 rings (SSSR count). The summed E-state index contributed by atoms with van der Waals surface area (Å²) in [5, 5.41) is 2.86. The predicted octanol–water partition coefficient (Wildman–Crippen LogP) is 4.05. The molecule has 0 saturated heterocycles. The largest absolute Gasteiger partial charge is 0.348 e. The molecule has 2 nitrogen and oxygen atoms in total. The first-order chi connectivity index (χ1) is 7.50. The maximum absolute atomic E-state index is 11.6. The Morgan fingerprint density at radius 1 is 1.31 bits per heavy atom. The zero-order valence-electron chi connectivity index (χ0n) is 8.56. The molecule has 1 N–H and O–H groups in total. The predicted molar refractivity (Wildman–Crippen MR) is 87.0 cm³/mol. The second-order valence-electron chi connectivity index (χ2n) is 3.24. The summed E-state index contributed by atoms with van der Waals surface area (Å²) in [5.41, 5.74) is 2.33. The number of amides is 1. The van der Waals surface area contributed by atoms with Crippen molar-refractivity contribution in [1.82, 2.24) is 5.32 Å². The molecule has 0 fully saturated rings. The SMILES string of the molecule is Cc1ccc(CNC(=O)C(I)=C(Br)I)cc1. The summed E-state index contributed by atoms with van der Waals surface area (Å²) in [6.45, 7) is 2.60. The van der Waals surface area contributed by atoms with Gasteiger partial charge in [-0.3, -0.25) is 4.79 Å². The zero-order chi connectivity index (χ0) is 12.1. The van der Waals surface area contributed by atoms with Crippen LogP contribution in [0.25, 0.3) is 0 Å². The number of benzene rings is 1. The van der Waals surface area contributed by atoms with Gasteiger partial charge in [-0.15, -0.1) is 0 Å². The van der Waals surface area contributed by atoms with Crippen molar-refractivity contribution >= 4 is 67.0 Å². The molecule has 0 aliphatic carbocycles. The summed E-state index contributed by atoms with van der Waals surface area (Å²) in [6, 6.07) is 8.11. The van der Waals surface area contributed by atoms with E-state index in [4.69, 9.17) is 0 Å². The van der Waals surface area contributed by atoms with Crippen molar-refractivity contribution in [3.8, 4) is 0 Å². The number of rotatable bonds is 3. The topological polar surface area (TPSA) is 29.1 Å². The number of hydrogen-bond donors (Lipinski definition) is 1. The molecule has 16 heavy (non-hydrogen) atoms. The van der Waals surface area contributed by atoms with Crippen LogP contribution in [0.1, 0.15) is 11.1 Å². The molecule has 86 valence electrons. The lowest BCUT2D eigenvalue weighted by Gasteiger charge is -2.05. The van der Waals surface area contributed by atoms with E-state index in [-0.39, 0.29) is 5.91 Å². The van der Waals surface area contributed by atoms with Crippen molar-refractivity contribution in [2.75, 3.05) is 0 Å². The van der Waals surface area contributed by atoms with Crippen LogP contribution in [-0.2, 0) is 11.3 Å². The molecule has 0 bridgehead atoms. The molecule has 0 saturated carbocycles. The number of carbonyl (C=O) groups is 1. The standard InChI is InChI=1S/C11H10BrI2NO/c1-7-2-4-8(5-3-7)6-15-11(16)9(13)10(12)14/h2-5H,6H2,1H3,(H,15,16).